The second-order valence-electron chi connectivity index (χ2n) is 6.99. The van der Waals surface area contributed by atoms with Crippen molar-refractivity contribution in [1.29, 1.82) is 0 Å². The first-order valence-electron chi connectivity index (χ1n) is 7.83. The Bertz CT molecular complexity index is 706. The van der Waals surface area contributed by atoms with E-state index in [1.807, 2.05) is 16.8 Å². The Balaban J connectivity index is 2.07. The van der Waals surface area contributed by atoms with Gasteiger partial charge in [-0.3, -0.25) is 0 Å². The number of carboxylic acid groups (broad SMARTS) is 1. The van der Waals surface area contributed by atoms with E-state index in [1.54, 1.807) is 0 Å². The van der Waals surface area contributed by atoms with Crippen LogP contribution in [0.1, 0.15) is 60.9 Å². The number of nitrogens with zero attached hydrogens (tertiary/aromatic N) is 2. The Labute approximate surface area is 130 Å². The van der Waals surface area contributed by atoms with E-state index in [4.69, 9.17) is 0 Å². The summed E-state index contributed by atoms with van der Waals surface area (Å²) in [6, 6.07) is 8.28. The highest BCUT2D eigenvalue weighted by atomic mass is 16.4. The lowest BCUT2D eigenvalue weighted by Gasteiger charge is -2.19. The number of hydrogen-bond donors (Lipinski definition) is 1. The molecule has 1 aromatic carbocycles. The third-order valence-corrected chi connectivity index (χ3v) is 4.36. The van der Waals surface area contributed by atoms with Crippen molar-refractivity contribution in [3.8, 4) is 5.69 Å². The van der Waals surface area contributed by atoms with Crippen LogP contribution < -0.4 is 0 Å². The molecule has 0 aliphatic heterocycles. The van der Waals surface area contributed by atoms with Gasteiger partial charge in [0.1, 0.15) is 0 Å². The van der Waals surface area contributed by atoms with Crippen molar-refractivity contribution in [2.45, 2.75) is 51.9 Å². The van der Waals surface area contributed by atoms with E-state index in [1.165, 1.54) is 5.56 Å². The Morgan fingerprint density at radius 2 is 1.77 bits per heavy atom. The van der Waals surface area contributed by atoms with E-state index < -0.39 is 5.97 Å². The Hall–Kier alpha value is -2.10. The van der Waals surface area contributed by atoms with Gasteiger partial charge >= 0.3 is 5.97 Å². The van der Waals surface area contributed by atoms with Crippen LogP contribution >= 0.6 is 0 Å². The predicted octanol–water partition coefficient (Wildman–Crippen LogP) is 3.75. The Kier molecular flexibility index (Phi) is 3.55. The number of aromatic carboxylic acids is 1. The maximum atomic E-state index is 11.4. The molecule has 0 spiro atoms. The zero-order valence-corrected chi connectivity index (χ0v) is 13.4. The molecule has 0 saturated heterocycles. The summed E-state index contributed by atoms with van der Waals surface area (Å²) < 4.78 is 1.82. The molecule has 1 aliphatic rings. The summed E-state index contributed by atoms with van der Waals surface area (Å²) in [6.07, 6.45) is 3.85. The standard InChI is InChI=1S/C18H22N2O2/c1-18(2,3)12-8-10-13(11-9-12)20-15-7-5-4-6-14(15)16(19-20)17(21)22/h8-11H,4-7H2,1-3H3,(H,21,22). The molecule has 0 atom stereocenters. The van der Waals surface area contributed by atoms with Crippen molar-refractivity contribution in [2.75, 3.05) is 0 Å². The zero-order valence-electron chi connectivity index (χ0n) is 13.4. The van der Waals surface area contributed by atoms with Crippen molar-refractivity contribution in [3.05, 3.63) is 46.8 Å². The van der Waals surface area contributed by atoms with Crippen molar-refractivity contribution in [2.24, 2.45) is 0 Å². The molecule has 4 nitrogen and oxygen atoms in total. The molecule has 1 N–H and O–H groups in total. The molecule has 1 heterocycles. The van der Waals surface area contributed by atoms with E-state index in [0.29, 0.717) is 0 Å². The first-order valence-corrected chi connectivity index (χ1v) is 7.83. The lowest BCUT2D eigenvalue weighted by molar-refractivity contribution is 0.0688. The van der Waals surface area contributed by atoms with Crippen molar-refractivity contribution < 1.29 is 9.90 Å². The molecular formula is C18H22N2O2. The summed E-state index contributed by atoms with van der Waals surface area (Å²) in [4.78, 5) is 11.4. The van der Waals surface area contributed by atoms with E-state index in [9.17, 15) is 9.90 Å². The number of aromatic nitrogens is 2. The van der Waals surface area contributed by atoms with Gasteiger partial charge < -0.3 is 5.11 Å². The number of carboxylic acids is 1. The number of hydrogen-bond acceptors (Lipinski definition) is 2. The minimum Gasteiger partial charge on any atom is -0.476 e. The quantitative estimate of drug-likeness (QED) is 0.918. The third kappa shape index (κ3) is 2.54. The van der Waals surface area contributed by atoms with Gasteiger partial charge in [-0.25, -0.2) is 9.48 Å². The highest BCUT2D eigenvalue weighted by Gasteiger charge is 2.25. The zero-order chi connectivity index (χ0) is 15.9. The largest absolute Gasteiger partial charge is 0.476 e. The molecule has 0 unspecified atom stereocenters. The predicted molar refractivity (Wildman–Crippen MR) is 85.9 cm³/mol. The number of benzene rings is 1. The van der Waals surface area contributed by atoms with Crippen LogP contribution in [-0.4, -0.2) is 20.9 Å². The molecule has 22 heavy (non-hydrogen) atoms. The summed E-state index contributed by atoms with van der Waals surface area (Å²) >= 11 is 0. The van der Waals surface area contributed by atoms with Crippen LogP contribution in [0.2, 0.25) is 0 Å². The van der Waals surface area contributed by atoms with Crippen molar-refractivity contribution in [3.63, 3.8) is 0 Å². The van der Waals surface area contributed by atoms with Crippen LogP contribution in [-0.2, 0) is 18.3 Å². The van der Waals surface area contributed by atoms with Gasteiger partial charge in [0, 0.05) is 11.3 Å². The molecule has 1 aliphatic carbocycles. The topological polar surface area (TPSA) is 55.1 Å². The molecule has 3 rings (SSSR count). The van der Waals surface area contributed by atoms with Gasteiger partial charge in [0.25, 0.3) is 0 Å². The molecule has 0 saturated carbocycles. The van der Waals surface area contributed by atoms with Gasteiger partial charge in [-0.2, -0.15) is 5.10 Å². The van der Waals surface area contributed by atoms with Crippen LogP contribution in [0.3, 0.4) is 0 Å². The maximum absolute atomic E-state index is 11.4. The normalized spacial score (nSPS) is 14.7. The lowest BCUT2D eigenvalue weighted by atomic mass is 9.87. The van der Waals surface area contributed by atoms with Crippen molar-refractivity contribution >= 4 is 5.97 Å². The fourth-order valence-electron chi connectivity index (χ4n) is 3.09. The molecule has 2 aromatic rings. The molecule has 4 heteroatoms. The molecule has 0 radical (unpaired) electrons. The highest BCUT2D eigenvalue weighted by molar-refractivity contribution is 5.87. The summed E-state index contributed by atoms with van der Waals surface area (Å²) in [5, 5.41) is 13.7. The number of rotatable bonds is 2. The molecule has 0 amide bonds. The summed E-state index contributed by atoms with van der Waals surface area (Å²) in [5.41, 5.74) is 4.50. The molecular weight excluding hydrogens is 276 g/mol. The van der Waals surface area contributed by atoms with Crippen LogP contribution in [0, 0.1) is 0 Å². The second-order valence-corrected chi connectivity index (χ2v) is 6.99. The van der Waals surface area contributed by atoms with E-state index >= 15 is 0 Å². The Morgan fingerprint density at radius 1 is 1.14 bits per heavy atom. The van der Waals surface area contributed by atoms with E-state index in [0.717, 1.165) is 42.6 Å². The first-order chi connectivity index (χ1) is 10.4. The molecule has 0 bridgehead atoms. The van der Waals surface area contributed by atoms with E-state index in [2.05, 4.69) is 38.0 Å². The minimum absolute atomic E-state index is 0.105. The summed E-state index contributed by atoms with van der Waals surface area (Å²) in [7, 11) is 0. The Morgan fingerprint density at radius 3 is 2.36 bits per heavy atom. The fourth-order valence-corrected chi connectivity index (χ4v) is 3.09. The maximum Gasteiger partial charge on any atom is 0.356 e. The molecule has 1 aromatic heterocycles. The average molecular weight is 298 g/mol. The smallest absolute Gasteiger partial charge is 0.356 e. The van der Waals surface area contributed by atoms with Crippen LogP contribution in [0.15, 0.2) is 24.3 Å². The van der Waals surface area contributed by atoms with Gasteiger partial charge in [0.15, 0.2) is 5.69 Å². The number of carbonyl (C=O) groups is 1. The average Bonchev–Trinajstić information content (AvgIpc) is 2.86. The summed E-state index contributed by atoms with van der Waals surface area (Å²) in [6.45, 7) is 6.54. The molecule has 0 fully saturated rings. The monoisotopic (exact) mass is 298 g/mol. The summed E-state index contributed by atoms with van der Waals surface area (Å²) in [5.74, 6) is -0.928. The van der Waals surface area contributed by atoms with Gasteiger partial charge in [0.05, 0.1) is 5.69 Å². The van der Waals surface area contributed by atoms with Crippen molar-refractivity contribution in [1.82, 2.24) is 9.78 Å². The molecule has 116 valence electrons. The van der Waals surface area contributed by atoms with E-state index in [-0.39, 0.29) is 11.1 Å². The SMILES string of the molecule is CC(C)(C)c1ccc(-n2nc(C(=O)O)c3c2CCCC3)cc1. The van der Waals surface area contributed by atoms with Gasteiger partial charge in [-0.1, -0.05) is 32.9 Å². The number of fused-ring (bicyclic) bond motifs is 1. The minimum atomic E-state index is -0.928. The van der Waals surface area contributed by atoms with Crippen LogP contribution in [0.4, 0.5) is 0 Å². The highest BCUT2D eigenvalue weighted by Crippen LogP contribution is 2.28. The lowest BCUT2D eigenvalue weighted by Crippen LogP contribution is -2.12. The second kappa shape index (κ2) is 5.27. The van der Waals surface area contributed by atoms with Gasteiger partial charge in [0.2, 0.25) is 0 Å². The van der Waals surface area contributed by atoms with Crippen LogP contribution in [0.5, 0.6) is 0 Å². The van der Waals surface area contributed by atoms with Crippen LogP contribution in [0.25, 0.3) is 5.69 Å². The van der Waals surface area contributed by atoms with Gasteiger partial charge in [-0.15, -0.1) is 0 Å². The fraction of sp³-hybridized carbons (Fsp3) is 0.444. The third-order valence-electron chi connectivity index (χ3n) is 4.36. The van der Waals surface area contributed by atoms with Gasteiger partial charge in [-0.05, 0) is 48.8 Å². The first kappa shape index (κ1) is 14.8.